The molecular formula is C12H20N2O2. The van der Waals surface area contributed by atoms with Crippen molar-refractivity contribution >= 4 is 5.91 Å². The molecule has 1 amide bonds. The standard InChI is InChI=1S/C12H20N2O2/c1-2-16-11-7-10(8-11)9-12(15)14-6-4-3-5-13/h10-11H,2-4,6-9H2,1H3,(H,14,15). The summed E-state index contributed by atoms with van der Waals surface area (Å²) in [7, 11) is 0. The summed E-state index contributed by atoms with van der Waals surface area (Å²) in [6.45, 7) is 3.38. The van der Waals surface area contributed by atoms with E-state index in [0.717, 1.165) is 25.9 Å². The first-order chi connectivity index (χ1) is 7.76. The minimum atomic E-state index is 0.109. The van der Waals surface area contributed by atoms with Crippen LogP contribution in [0.25, 0.3) is 0 Å². The van der Waals surface area contributed by atoms with Crippen LogP contribution in [0.5, 0.6) is 0 Å². The van der Waals surface area contributed by atoms with Crippen LogP contribution in [0.2, 0.25) is 0 Å². The maximum atomic E-state index is 11.4. The lowest BCUT2D eigenvalue weighted by Crippen LogP contribution is -2.36. The van der Waals surface area contributed by atoms with Crippen LogP contribution in [0.1, 0.15) is 39.0 Å². The van der Waals surface area contributed by atoms with Crippen LogP contribution in [0, 0.1) is 17.2 Å². The van der Waals surface area contributed by atoms with Gasteiger partial charge in [0.05, 0.1) is 12.2 Å². The Balaban J connectivity index is 1.98. The third kappa shape index (κ3) is 4.63. The van der Waals surface area contributed by atoms with Gasteiger partial charge in [-0.1, -0.05) is 0 Å². The average Bonchev–Trinajstić information content (AvgIpc) is 2.21. The van der Waals surface area contributed by atoms with Crippen molar-refractivity contribution in [1.29, 1.82) is 5.26 Å². The molecule has 0 spiro atoms. The minimum Gasteiger partial charge on any atom is -0.378 e. The molecule has 4 nitrogen and oxygen atoms in total. The Hall–Kier alpha value is -1.08. The van der Waals surface area contributed by atoms with Crippen molar-refractivity contribution in [3.05, 3.63) is 0 Å². The molecule has 1 N–H and O–H groups in total. The van der Waals surface area contributed by atoms with Crippen molar-refractivity contribution in [1.82, 2.24) is 5.32 Å². The molecule has 90 valence electrons. The van der Waals surface area contributed by atoms with Gasteiger partial charge in [0.2, 0.25) is 5.91 Å². The van der Waals surface area contributed by atoms with Gasteiger partial charge in [-0.15, -0.1) is 0 Å². The molecule has 1 saturated carbocycles. The molecule has 1 aliphatic carbocycles. The summed E-state index contributed by atoms with van der Waals surface area (Å²) < 4.78 is 5.43. The molecule has 0 atom stereocenters. The van der Waals surface area contributed by atoms with E-state index in [1.165, 1.54) is 0 Å². The van der Waals surface area contributed by atoms with Gasteiger partial charge < -0.3 is 10.1 Å². The van der Waals surface area contributed by atoms with Crippen molar-refractivity contribution in [2.75, 3.05) is 13.2 Å². The molecule has 0 saturated heterocycles. The summed E-state index contributed by atoms with van der Waals surface area (Å²) in [6.07, 6.45) is 4.26. The van der Waals surface area contributed by atoms with Crippen LogP contribution in [-0.2, 0) is 9.53 Å². The zero-order valence-corrected chi connectivity index (χ0v) is 9.87. The zero-order valence-electron chi connectivity index (χ0n) is 9.87. The molecule has 0 bridgehead atoms. The molecule has 4 heteroatoms. The highest BCUT2D eigenvalue weighted by Gasteiger charge is 2.30. The topological polar surface area (TPSA) is 62.1 Å². The fourth-order valence-electron chi connectivity index (χ4n) is 1.94. The van der Waals surface area contributed by atoms with Crippen LogP contribution < -0.4 is 5.32 Å². The van der Waals surface area contributed by atoms with Gasteiger partial charge in [0.25, 0.3) is 0 Å². The second-order valence-electron chi connectivity index (χ2n) is 4.23. The smallest absolute Gasteiger partial charge is 0.220 e. The number of hydrogen-bond acceptors (Lipinski definition) is 3. The number of carbonyl (C=O) groups is 1. The van der Waals surface area contributed by atoms with Crippen LogP contribution in [0.4, 0.5) is 0 Å². The van der Waals surface area contributed by atoms with E-state index in [2.05, 4.69) is 11.4 Å². The first-order valence-corrected chi connectivity index (χ1v) is 6.01. The van der Waals surface area contributed by atoms with E-state index in [1.54, 1.807) is 0 Å². The normalized spacial score (nSPS) is 23.2. The number of nitrogens with zero attached hydrogens (tertiary/aromatic N) is 1. The predicted molar refractivity (Wildman–Crippen MR) is 60.6 cm³/mol. The molecule has 0 radical (unpaired) electrons. The van der Waals surface area contributed by atoms with Crippen LogP contribution in [0.3, 0.4) is 0 Å². The summed E-state index contributed by atoms with van der Waals surface area (Å²) in [5.74, 6) is 0.602. The van der Waals surface area contributed by atoms with E-state index in [4.69, 9.17) is 10.00 Å². The summed E-state index contributed by atoms with van der Waals surface area (Å²) >= 11 is 0. The summed E-state index contributed by atoms with van der Waals surface area (Å²) in [5, 5.41) is 11.2. The lowest BCUT2D eigenvalue weighted by Gasteiger charge is -2.34. The molecule has 0 aliphatic heterocycles. The van der Waals surface area contributed by atoms with Crippen LogP contribution in [0.15, 0.2) is 0 Å². The molecule has 1 rings (SSSR count). The van der Waals surface area contributed by atoms with Gasteiger partial charge in [0.15, 0.2) is 0 Å². The van der Waals surface area contributed by atoms with Gasteiger partial charge in [0.1, 0.15) is 0 Å². The van der Waals surface area contributed by atoms with Crippen molar-refractivity contribution in [2.45, 2.75) is 45.1 Å². The highest BCUT2D eigenvalue weighted by molar-refractivity contribution is 5.76. The largest absolute Gasteiger partial charge is 0.378 e. The van der Waals surface area contributed by atoms with Gasteiger partial charge in [-0.05, 0) is 32.1 Å². The first-order valence-electron chi connectivity index (χ1n) is 6.01. The Morgan fingerprint density at radius 1 is 1.56 bits per heavy atom. The van der Waals surface area contributed by atoms with Crippen molar-refractivity contribution in [3.63, 3.8) is 0 Å². The van der Waals surface area contributed by atoms with Gasteiger partial charge in [-0.25, -0.2) is 0 Å². The van der Waals surface area contributed by atoms with Crippen LogP contribution in [-0.4, -0.2) is 25.2 Å². The fraction of sp³-hybridized carbons (Fsp3) is 0.833. The Bertz CT molecular complexity index is 254. The third-order valence-corrected chi connectivity index (χ3v) is 2.86. The van der Waals surface area contributed by atoms with E-state index in [0.29, 0.717) is 31.4 Å². The lowest BCUT2D eigenvalue weighted by atomic mass is 9.80. The zero-order chi connectivity index (χ0) is 11.8. The maximum absolute atomic E-state index is 11.4. The highest BCUT2D eigenvalue weighted by Crippen LogP contribution is 2.32. The number of amides is 1. The van der Waals surface area contributed by atoms with Crippen molar-refractivity contribution in [2.24, 2.45) is 5.92 Å². The number of rotatable bonds is 7. The molecule has 0 heterocycles. The van der Waals surface area contributed by atoms with Gasteiger partial charge >= 0.3 is 0 Å². The first kappa shape index (κ1) is 13.0. The number of carbonyl (C=O) groups excluding carboxylic acids is 1. The Labute approximate surface area is 97.0 Å². The summed E-state index contributed by atoms with van der Waals surface area (Å²) in [6, 6.07) is 2.06. The van der Waals surface area contributed by atoms with E-state index in [-0.39, 0.29) is 5.91 Å². The van der Waals surface area contributed by atoms with Gasteiger partial charge in [-0.3, -0.25) is 4.79 Å². The van der Waals surface area contributed by atoms with E-state index in [9.17, 15) is 4.79 Å². The number of hydrogen-bond donors (Lipinski definition) is 1. The number of unbranched alkanes of at least 4 members (excludes halogenated alkanes) is 1. The lowest BCUT2D eigenvalue weighted by molar-refractivity contribution is -0.124. The number of ether oxygens (including phenoxy) is 1. The van der Waals surface area contributed by atoms with Crippen molar-refractivity contribution < 1.29 is 9.53 Å². The Morgan fingerprint density at radius 3 is 2.94 bits per heavy atom. The molecule has 0 unspecified atom stereocenters. The predicted octanol–water partition coefficient (Wildman–Crippen LogP) is 1.61. The van der Waals surface area contributed by atoms with E-state index < -0.39 is 0 Å². The molecular weight excluding hydrogens is 204 g/mol. The Kier molecular flexibility index (Phi) is 5.87. The SMILES string of the molecule is CCOC1CC(CC(=O)NCCCC#N)C1. The second-order valence-corrected chi connectivity index (χ2v) is 4.23. The number of nitriles is 1. The average molecular weight is 224 g/mol. The highest BCUT2D eigenvalue weighted by atomic mass is 16.5. The fourth-order valence-corrected chi connectivity index (χ4v) is 1.94. The Morgan fingerprint density at radius 2 is 2.31 bits per heavy atom. The quantitative estimate of drug-likeness (QED) is 0.668. The maximum Gasteiger partial charge on any atom is 0.220 e. The monoisotopic (exact) mass is 224 g/mol. The molecule has 0 aromatic carbocycles. The molecule has 1 aliphatic rings. The van der Waals surface area contributed by atoms with E-state index in [1.807, 2.05) is 6.92 Å². The molecule has 1 fully saturated rings. The van der Waals surface area contributed by atoms with Crippen molar-refractivity contribution in [3.8, 4) is 6.07 Å². The van der Waals surface area contributed by atoms with Crippen LogP contribution >= 0.6 is 0 Å². The number of nitrogens with one attached hydrogen (secondary N) is 1. The molecule has 16 heavy (non-hydrogen) atoms. The second kappa shape index (κ2) is 7.24. The third-order valence-electron chi connectivity index (χ3n) is 2.86. The summed E-state index contributed by atoms with van der Waals surface area (Å²) in [5.41, 5.74) is 0. The summed E-state index contributed by atoms with van der Waals surface area (Å²) in [4.78, 5) is 11.4. The van der Waals surface area contributed by atoms with Gasteiger partial charge in [-0.2, -0.15) is 5.26 Å². The van der Waals surface area contributed by atoms with Gasteiger partial charge in [0, 0.05) is 26.0 Å². The van der Waals surface area contributed by atoms with E-state index >= 15 is 0 Å². The minimum absolute atomic E-state index is 0.109. The molecule has 0 aromatic heterocycles. The molecule has 0 aromatic rings.